The zero-order valence-corrected chi connectivity index (χ0v) is 11.2. The van der Waals surface area contributed by atoms with Crippen molar-refractivity contribution < 1.29 is 21.9 Å². The van der Waals surface area contributed by atoms with Gasteiger partial charge in [-0.3, -0.25) is 4.72 Å². The van der Waals surface area contributed by atoms with Crippen molar-refractivity contribution in [3.63, 3.8) is 0 Å². The van der Waals surface area contributed by atoms with Gasteiger partial charge in [0.15, 0.2) is 0 Å². The third kappa shape index (κ3) is 3.05. The fourth-order valence-electron chi connectivity index (χ4n) is 1.53. The highest BCUT2D eigenvalue weighted by Crippen LogP contribution is 2.24. The molecule has 0 fully saturated rings. The summed E-state index contributed by atoms with van der Waals surface area (Å²) >= 11 is 0. The highest BCUT2D eigenvalue weighted by molar-refractivity contribution is 7.92. The fourth-order valence-corrected chi connectivity index (χ4v) is 2.59. The monoisotopic (exact) mass is 299 g/mol. The average molecular weight is 299 g/mol. The quantitative estimate of drug-likeness (QED) is 0.944. The molecule has 20 heavy (non-hydrogen) atoms. The van der Waals surface area contributed by atoms with Crippen LogP contribution in [0.15, 0.2) is 47.4 Å². The van der Waals surface area contributed by atoms with E-state index in [1.54, 1.807) is 0 Å². The highest BCUT2D eigenvalue weighted by Gasteiger charge is 2.16. The Morgan fingerprint density at radius 1 is 1.05 bits per heavy atom. The van der Waals surface area contributed by atoms with Crippen LogP contribution in [0.5, 0.6) is 5.75 Å². The van der Waals surface area contributed by atoms with Gasteiger partial charge in [-0.05, 0) is 36.4 Å². The van der Waals surface area contributed by atoms with E-state index < -0.39 is 21.7 Å². The van der Waals surface area contributed by atoms with Gasteiger partial charge in [-0.15, -0.1) is 0 Å². The standard InChI is InChI=1S/C13H11F2NO3S/c1-19-10-4-7-12(15)13(8-10)16-20(17,18)11-5-2-9(14)3-6-11/h2-8,16H,1H3. The SMILES string of the molecule is COc1ccc(F)c(NS(=O)(=O)c2ccc(F)cc2)c1. The Labute approximate surface area is 115 Å². The van der Waals surface area contributed by atoms with Gasteiger partial charge in [-0.1, -0.05) is 0 Å². The molecule has 0 heterocycles. The van der Waals surface area contributed by atoms with Crippen LogP contribution in [-0.4, -0.2) is 15.5 Å². The average Bonchev–Trinajstić information content (AvgIpc) is 2.41. The van der Waals surface area contributed by atoms with Crippen molar-refractivity contribution in [3.05, 3.63) is 54.1 Å². The van der Waals surface area contributed by atoms with Gasteiger partial charge >= 0.3 is 0 Å². The van der Waals surface area contributed by atoms with Crippen molar-refractivity contribution in [2.24, 2.45) is 0 Å². The van der Waals surface area contributed by atoms with E-state index in [9.17, 15) is 17.2 Å². The maximum atomic E-state index is 13.6. The van der Waals surface area contributed by atoms with E-state index in [0.29, 0.717) is 5.75 Å². The number of nitrogens with one attached hydrogen (secondary N) is 1. The van der Waals surface area contributed by atoms with E-state index in [4.69, 9.17) is 4.74 Å². The van der Waals surface area contributed by atoms with Crippen molar-refractivity contribution in [3.8, 4) is 5.75 Å². The topological polar surface area (TPSA) is 55.4 Å². The molecule has 0 saturated heterocycles. The second-order valence-electron chi connectivity index (χ2n) is 3.91. The third-order valence-electron chi connectivity index (χ3n) is 2.54. The van der Waals surface area contributed by atoms with E-state index >= 15 is 0 Å². The Kier molecular flexibility index (Phi) is 3.89. The first-order valence-electron chi connectivity index (χ1n) is 5.54. The van der Waals surface area contributed by atoms with Gasteiger partial charge in [0.2, 0.25) is 0 Å². The molecule has 2 aromatic rings. The highest BCUT2D eigenvalue weighted by atomic mass is 32.2. The zero-order valence-electron chi connectivity index (χ0n) is 10.4. The predicted molar refractivity (Wildman–Crippen MR) is 70.2 cm³/mol. The van der Waals surface area contributed by atoms with Crippen molar-refractivity contribution in [2.45, 2.75) is 4.90 Å². The lowest BCUT2D eigenvalue weighted by molar-refractivity contribution is 0.414. The Hall–Kier alpha value is -2.15. The van der Waals surface area contributed by atoms with Gasteiger partial charge in [-0.25, -0.2) is 17.2 Å². The van der Waals surface area contributed by atoms with Crippen LogP contribution < -0.4 is 9.46 Å². The van der Waals surface area contributed by atoms with Crippen LogP contribution in [0, 0.1) is 11.6 Å². The molecular weight excluding hydrogens is 288 g/mol. The molecule has 0 radical (unpaired) electrons. The predicted octanol–water partition coefficient (Wildman–Crippen LogP) is 2.77. The maximum absolute atomic E-state index is 13.6. The van der Waals surface area contributed by atoms with Gasteiger partial charge in [-0.2, -0.15) is 0 Å². The van der Waals surface area contributed by atoms with Gasteiger partial charge < -0.3 is 4.74 Å². The molecule has 0 bridgehead atoms. The molecule has 0 aromatic heterocycles. The molecular formula is C13H11F2NO3S. The van der Waals surface area contributed by atoms with E-state index in [-0.39, 0.29) is 10.6 Å². The summed E-state index contributed by atoms with van der Waals surface area (Å²) < 4.78 is 57.4. The smallest absolute Gasteiger partial charge is 0.261 e. The number of benzene rings is 2. The number of sulfonamides is 1. The molecule has 7 heteroatoms. The summed E-state index contributed by atoms with van der Waals surface area (Å²) in [6, 6.07) is 7.88. The normalized spacial score (nSPS) is 11.2. The lowest BCUT2D eigenvalue weighted by Crippen LogP contribution is -2.14. The first-order valence-corrected chi connectivity index (χ1v) is 7.02. The van der Waals surface area contributed by atoms with Gasteiger partial charge in [0, 0.05) is 6.07 Å². The van der Waals surface area contributed by atoms with Crippen molar-refractivity contribution >= 4 is 15.7 Å². The second kappa shape index (κ2) is 5.46. The molecule has 1 N–H and O–H groups in total. The van der Waals surface area contributed by atoms with Crippen LogP contribution in [-0.2, 0) is 10.0 Å². The van der Waals surface area contributed by atoms with Crippen LogP contribution in [0.1, 0.15) is 0 Å². The summed E-state index contributed by atoms with van der Waals surface area (Å²) in [6.45, 7) is 0. The first-order chi connectivity index (χ1) is 9.42. The number of ether oxygens (including phenoxy) is 1. The van der Waals surface area contributed by atoms with Crippen LogP contribution in [0.25, 0.3) is 0 Å². The van der Waals surface area contributed by atoms with E-state index in [1.807, 2.05) is 0 Å². The third-order valence-corrected chi connectivity index (χ3v) is 3.92. The Bertz CT molecular complexity index is 715. The molecule has 106 valence electrons. The lowest BCUT2D eigenvalue weighted by atomic mass is 10.3. The van der Waals surface area contributed by atoms with Crippen molar-refractivity contribution in [1.29, 1.82) is 0 Å². The molecule has 0 unspecified atom stereocenters. The molecule has 4 nitrogen and oxygen atoms in total. The molecule has 0 saturated carbocycles. The minimum atomic E-state index is -3.99. The minimum Gasteiger partial charge on any atom is -0.497 e. The summed E-state index contributed by atoms with van der Waals surface area (Å²) in [6.07, 6.45) is 0. The lowest BCUT2D eigenvalue weighted by Gasteiger charge is -2.10. The van der Waals surface area contributed by atoms with Crippen LogP contribution in [0.2, 0.25) is 0 Å². The van der Waals surface area contributed by atoms with Crippen molar-refractivity contribution in [1.82, 2.24) is 0 Å². The molecule has 2 rings (SSSR count). The summed E-state index contributed by atoms with van der Waals surface area (Å²) in [5.74, 6) is -0.990. The molecule has 0 aliphatic carbocycles. The first kappa shape index (κ1) is 14.3. The number of rotatable bonds is 4. The minimum absolute atomic E-state index is 0.166. The molecule has 0 aliphatic heterocycles. The van der Waals surface area contributed by atoms with Crippen LogP contribution >= 0.6 is 0 Å². The second-order valence-corrected chi connectivity index (χ2v) is 5.59. The van der Waals surface area contributed by atoms with Crippen LogP contribution in [0.3, 0.4) is 0 Å². The van der Waals surface area contributed by atoms with Gasteiger partial charge in [0.25, 0.3) is 10.0 Å². The largest absolute Gasteiger partial charge is 0.497 e. The summed E-state index contributed by atoms with van der Waals surface area (Å²) in [4.78, 5) is -0.166. The number of anilines is 1. The molecule has 2 aromatic carbocycles. The summed E-state index contributed by atoms with van der Waals surface area (Å²) in [7, 11) is -2.61. The Balaban J connectivity index is 2.35. The van der Waals surface area contributed by atoms with Gasteiger partial charge in [0.05, 0.1) is 17.7 Å². The molecule has 0 spiro atoms. The van der Waals surface area contributed by atoms with Crippen molar-refractivity contribution in [2.75, 3.05) is 11.8 Å². The fraction of sp³-hybridized carbons (Fsp3) is 0.0769. The summed E-state index contributed by atoms with van der Waals surface area (Å²) in [5, 5.41) is 0. The summed E-state index contributed by atoms with van der Waals surface area (Å²) in [5.41, 5.74) is -0.242. The maximum Gasteiger partial charge on any atom is 0.261 e. The number of halogens is 2. The Morgan fingerprint density at radius 2 is 1.70 bits per heavy atom. The van der Waals surface area contributed by atoms with Gasteiger partial charge in [0.1, 0.15) is 17.4 Å². The zero-order chi connectivity index (χ0) is 14.8. The Morgan fingerprint density at radius 3 is 2.30 bits per heavy atom. The van der Waals surface area contributed by atoms with E-state index in [2.05, 4.69) is 4.72 Å². The number of methoxy groups -OCH3 is 1. The number of hydrogen-bond donors (Lipinski definition) is 1. The van der Waals surface area contributed by atoms with E-state index in [1.165, 1.54) is 19.2 Å². The van der Waals surface area contributed by atoms with Crippen LogP contribution in [0.4, 0.5) is 14.5 Å². The number of hydrogen-bond acceptors (Lipinski definition) is 3. The van der Waals surface area contributed by atoms with E-state index in [0.717, 1.165) is 30.3 Å². The molecule has 0 atom stereocenters. The molecule has 0 aliphatic rings. The molecule has 0 amide bonds.